The summed E-state index contributed by atoms with van der Waals surface area (Å²) in [7, 11) is 1.96. The van der Waals surface area contributed by atoms with E-state index in [1.54, 1.807) is 17.7 Å². The van der Waals surface area contributed by atoms with E-state index in [1.165, 1.54) is 16.1 Å². The van der Waals surface area contributed by atoms with Crippen LogP contribution in [0.25, 0.3) is 10.2 Å². The molecule has 0 amide bonds. The third kappa shape index (κ3) is 2.27. The van der Waals surface area contributed by atoms with Crippen molar-refractivity contribution in [2.45, 2.75) is 20.3 Å². The standard InChI is InChI=1S/C14H17N5S/c1-9-10(2)20-14-12(9)13(16-8-17-14)15-6-4-11-5-7-18-19(11)3/h5,7-8H,4,6H2,1-3H3,(H,15,16,17). The summed E-state index contributed by atoms with van der Waals surface area (Å²) in [5.74, 6) is 0.930. The second-order valence-electron chi connectivity index (χ2n) is 4.81. The van der Waals surface area contributed by atoms with Crippen molar-refractivity contribution in [2.75, 3.05) is 11.9 Å². The monoisotopic (exact) mass is 287 g/mol. The Labute approximate surface area is 121 Å². The Morgan fingerprint density at radius 2 is 2.15 bits per heavy atom. The van der Waals surface area contributed by atoms with Crippen LogP contribution in [0.2, 0.25) is 0 Å². The Hall–Kier alpha value is -1.95. The van der Waals surface area contributed by atoms with Gasteiger partial charge in [0, 0.05) is 36.8 Å². The van der Waals surface area contributed by atoms with Crippen molar-refractivity contribution in [1.82, 2.24) is 19.7 Å². The van der Waals surface area contributed by atoms with Crippen molar-refractivity contribution in [1.29, 1.82) is 0 Å². The molecular weight excluding hydrogens is 270 g/mol. The lowest BCUT2D eigenvalue weighted by molar-refractivity contribution is 0.711. The van der Waals surface area contributed by atoms with Gasteiger partial charge in [-0.1, -0.05) is 0 Å². The van der Waals surface area contributed by atoms with Gasteiger partial charge in [-0.15, -0.1) is 11.3 Å². The minimum atomic E-state index is 0.833. The highest BCUT2D eigenvalue weighted by Gasteiger charge is 2.11. The maximum absolute atomic E-state index is 4.38. The van der Waals surface area contributed by atoms with Crippen molar-refractivity contribution < 1.29 is 0 Å². The molecule has 0 bridgehead atoms. The van der Waals surface area contributed by atoms with E-state index in [4.69, 9.17) is 0 Å². The molecule has 3 aromatic heterocycles. The van der Waals surface area contributed by atoms with Crippen molar-refractivity contribution in [3.63, 3.8) is 0 Å². The highest BCUT2D eigenvalue weighted by atomic mass is 32.1. The van der Waals surface area contributed by atoms with E-state index in [9.17, 15) is 0 Å². The number of hydrogen-bond donors (Lipinski definition) is 1. The number of nitrogens with one attached hydrogen (secondary N) is 1. The zero-order valence-corrected chi connectivity index (χ0v) is 12.7. The average Bonchev–Trinajstić information content (AvgIpc) is 2.96. The molecule has 0 aromatic carbocycles. The lowest BCUT2D eigenvalue weighted by atomic mass is 10.2. The molecule has 0 aliphatic rings. The van der Waals surface area contributed by atoms with Gasteiger partial charge < -0.3 is 5.32 Å². The highest BCUT2D eigenvalue weighted by molar-refractivity contribution is 7.18. The molecule has 0 saturated carbocycles. The molecule has 0 atom stereocenters. The van der Waals surface area contributed by atoms with Gasteiger partial charge in [-0.25, -0.2) is 9.97 Å². The molecule has 0 fully saturated rings. The first-order valence-electron chi connectivity index (χ1n) is 6.58. The van der Waals surface area contributed by atoms with E-state index >= 15 is 0 Å². The maximum atomic E-state index is 4.38. The molecule has 1 N–H and O–H groups in total. The highest BCUT2D eigenvalue weighted by Crippen LogP contribution is 2.32. The minimum absolute atomic E-state index is 0.833. The minimum Gasteiger partial charge on any atom is -0.369 e. The molecular formula is C14H17N5S. The third-order valence-electron chi connectivity index (χ3n) is 3.56. The van der Waals surface area contributed by atoms with E-state index in [0.717, 1.165) is 29.0 Å². The summed E-state index contributed by atoms with van der Waals surface area (Å²) in [5, 5.41) is 8.75. The van der Waals surface area contributed by atoms with Crippen LogP contribution in [0.4, 0.5) is 5.82 Å². The Kier molecular flexibility index (Phi) is 3.40. The Balaban J connectivity index is 1.79. The van der Waals surface area contributed by atoms with Gasteiger partial charge in [-0.05, 0) is 25.5 Å². The quantitative estimate of drug-likeness (QED) is 0.801. The van der Waals surface area contributed by atoms with E-state index in [2.05, 4.69) is 34.2 Å². The Bertz CT molecular complexity index is 743. The topological polar surface area (TPSA) is 55.6 Å². The summed E-state index contributed by atoms with van der Waals surface area (Å²) in [5.41, 5.74) is 2.48. The van der Waals surface area contributed by atoms with Gasteiger partial charge in [0.25, 0.3) is 0 Å². The summed E-state index contributed by atoms with van der Waals surface area (Å²) >= 11 is 1.72. The number of aromatic nitrogens is 4. The van der Waals surface area contributed by atoms with Crippen molar-refractivity contribution in [2.24, 2.45) is 7.05 Å². The molecule has 0 saturated heterocycles. The first kappa shape index (κ1) is 13.1. The summed E-state index contributed by atoms with van der Waals surface area (Å²) in [6.07, 6.45) is 4.37. The van der Waals surface area contributed by atoms with Gasteiger partial charge in [0.15, 0.2) is 0 Å². The largest absolute Gasteiger partial charge is 0.369 e. The zero-order valence-electron chi connectivity index (χ0n) is 11.8. The molecule has 0 spiro atoms. The van der Waals surface area contributed by atoms with Crippen LogP contribution >= 0.6 is 11.3 Å². The van der Waals surface area contributed by atoms with Crippen molar-refractivity contribution in [3.8, 4) is 0 Å². The fourth-order valence-corrected chi connectivity index (χ4v) is 3.27. The SMILES string of the molecule is Cc1sc2ncnc(NCCc3ccnn3C)c2c1C. The fraction of sp³-hybridized carbons (Fsp3) is 0.357. The maximum Gasteiger partial charge on any atom is 0.138 e. The number of nitrogens with zero attached hydrogens (tertiary/aromatic N) is 4. The van der Waals surface area contributed by atoms with Gasteiger partial charge in [-0.2, -0.15) is 5.10 Å². The molecule has 0 aliphatic carbocycles. The fourth-order valence-electron chi connectivity index (χ4n) is 2.27. The average molecular weight is 287 g/mol. The Morgan fingerprint density at radius 3 is 2.90 bits per heavy atom. The second kappa shape index (κ2) is 5.20. The number of fused-ring (bicyclic) bond motifs is 1. The first-order chi connectivity index (χ1) is 9.66. The third-order valence-corrected chi connectivity index (χ3v) is 4.68. The van der Waals surface area contributed by atoms with E-state index < -0.39 is 0 Å². The number of rotatable bonds is 4. The van der Waals surface area contributed by atoms with Crippen LogP contribution in [-0.4, -0.2) is 26.3 Å². The van der Waals surface area contributed by atoms with Crippen molar-refractivity contribution >= 4 is 27.4 Å². The molecule has 20 heavy (non-hydrogen) atoms. The first-order valence-corrected chi connectivity index (χ1v) is 7.40. The van der Waals surface area contributed by atoms with Gasteiger partial charge in [0.05, 0.1) is 5.39 Å². The van der Waals surface area contributed by atoms with Crippen LogP contribution in [0, 0.1) is 13.8 Å². The lowest BCUT2D eigenvalue weighted by Crippen LogP contribution is -2.09. The van der Waals surface area contributed by atoms with Crippen LogP contribution in [-0.2, 0) is 13.5 Å². The molecule has 3 aromatic rings. The normalized spacial score (nSPS) is 11.2. The number of thiophene rings is 1. The van der Waals surface area contributed by atoms with Crippen LogP contribution in [0.1, 0.15) is 16.1 Å². The molecule has 0 radical (unpaired) electrons. The second-order valence-corrected chi connectivity index (χ2v) is 6.01. The van der Waals surface area contributed by atoms with Gasteiger partial charge in [-0.3, -0.25) is 4.68 Å². The predicted molar refractivity (Wildman–Crippen MR) is 82.3 cm³/mol. The van der Waals surface area contributed by atoms with Crippen LogP contribution < -0.4 is 5.32 Å². The zero-order chi connectivity index (χ0) is 14.1. The lowest BCUT2D eigenvalue weighted by Gasteiger charge is -2.07. The summed E-state index contributed by atoms with van der Waals surface area (Å²) < 4.78 is 1.90. The Morgan fingerprint density at radius 1 is 1.30 bits per heavy atom. The predicted octanol–water partition coefficient (Wildman–Crippen LogP) is 2.70. The molecule has 3 heterocycles. The van der Waals surface area contributed by atoms with Crippen molar-refractivity contribution in [3.05, 3.63) is 34.7 Å². The van der Waals surface area contributed by atoms with Gasteiger partial charge in [0.2, 0.25) is 0 Å². The summed E-state index contributed by atoms with van der Waals surface area (Å²) in [6.45, 7) is 5.09. The smallest absolute Gasteiger partial charge is 0.138 e. The van der Waals surface area contributed by atoms with Gasteiger partial charge >= 0.3 is 0 Å². The van der Waals surface area contributed by atoms with E-state index in [0.29, 0.717) is 0 Å². The van der Waals surface area contributed by atoms with E-state index in [1.807, 2.05) is 24.0 Å². The number of anilines is 1. The molecule has 6 heteroatoms. The number of aryl methyl sites for hydroxylation is 3. The summed E-state index contributed by atoms with van der Waals surface area (Å²) in [6, 6.07) is 2.04. The van der Waals surface area contributed by atoms with Crippen LogP contribution in [0.5, 0.6) is 0 Å². The van der Waals surface area contributed by atoms with Crippen LogP contribution in [0.3, 0.4) is 0 Å². The molecule has 5 nitrogen and oxygen atoms in total. The molecule has 104 valence electrons. The molecule has 0 aliphatic heterocycles. The molecule has 0 unspecified atom stereocenters. The van der Waals surface area contributed by atoms with Crippen LogP contribution in [0.15, 0.2) is 18.6 Å². The molecule has 3 rings (SSSR count). The van der Waals surface area contributed by atoms with E-state index in [-0.39, 0.29) is 0 Å². The number of hydrogen-bond acceptors (Lipinski definition) is 5. The summed E-state index contributed by atoms with van der Waals surface area (Å²) in [4.78, 5) is 11.1. The van der Waals surface area contributed by atoms with Gasteiger partial charge in [0.1, 0.15) is 17.0 Å².